The van der Waals surface area contributed by atoms with E-state index >= 15 is 0 Å². The van der Waals surface area contributed by atoms with Crippen molar-refractivity contribution in [1.29, 1.82) is 0 Å². The average Bonchev–Trinajstić information content (AvgIpc) is 2.83. The summed E-state index contributed by atoms with van der Waals surface area (Å²) in [6.45, 7) is 5.12. The van der Waals surface area contributed by atoms with Crippen molar-refractivity contribution in [1.82, 2.24) is 9.66 Å². The lowest BCUT2D eigenvalue weighted by atomic mass is 10.1. The Bertz CT molecular complexity index is 520. The largest absolute Gasteiger partial charge is 0.496 e. The van der Waals surface area contributed by atoms with Gasteiger partial charge in [0.2, 0.25) is 0 Å². The van der Waals surface area contributed by atoms with Gasteiger partial charge in [-0.3, -0.25) is 0 Å². The van der Waals surface area contributed by atoms with Crippen LogP contribution in [0, 0.1) is 6.92 Å². The SMILES string of the molecule is CCCNn1ccnc1-c1c(C)cccc1OC. The fourth-order valence-electron chi connectivity index (χ4n) is 1.95. The molecule has 0 unspecified atom stereocenters. The molecule has 0 bridgehead atoms. The Morgan fingerprint density at radius 3 is 2.94 bits per heavy atom. The third-order valence-electron chi connectivity index (χ3n) is 2.85. The maximum absolute atomic E-state index is 5.43. The Morgan fingerprint density at radius 1 is 1.39 bits per heavy atom. The minimum atomic E-state index is 0.848. The van der Waals surface area contributed by atoms with Crippen molar-refractivity contribution < 1.29 is 4.74 Å². The van der Waals surface area contributed by atoms with Crippen LogP contribution in [0.4, 0.5) is 0 Å². The molecule has 0 aliphatic heterocycles. The molecule has 0 spiro atoms. The van der Waals surface area contributed by atoms with E-state index in [4.69, 9.17) is 4.74 Å². The van der Waals surface area contributed by atoms with Crippen LogP contribution in [0.5, 0.6) is 5.75 Å². The van der Waals surface area contributed by atoms with E-state index in [1.165, 1.54) is 0 Å². The fraction of sp³-hybridized carbons (Fsp3) is 0.357. The number of nitrogens with one attached hydrogen (secondary N) is 1. The van der Waals surface area contributed by atoms with E-state index in [0.29, 0.717) is 0 Å². The standard InChI is InChI=1S/C14H19N3O/c1-4-8-16-17-10-9-15-14(17)13-11(2)6-5-7-12(13)18-3/h5-7,9-10,16H,4,8H2,1-3H3. The van der Waals surface area contributed by atoms with Crippen LogP contribution in [0.15, 0.2) is 30.6 Å². The normalized spacial score (nSPS) is 10.4. The van der Waals surface area contributed by atoms with E-state index in [9.17, 15) is 0 Å². The fourth-order valence-corrected chi connectivity index (χ4v) is 1.95. The predicted molar refractivity (Wildman–Crippen MR) is 73.5 cm³/mol. The Kier molecular flexibility index (Phi) is 3.87. The molecule has 1 aromatic heterocycles. The number of aromatic nitrogens is 2. The molecule has 18 heavy (non-hydrogen) atoms. The molecule has 4 nitrogen and oxygen atoms in total. The zero-order chi connectivity index (χ0) is 13.0. The maximum atomic E-state index is 5.43. The molecule has 0 aliphatic carbocycles. The van der Waals surface area contributed by atoms with Crippen molar-refractivity contribution in [3.8, 4) is 17.1 Å². The number of aryl methyl sites for hydroxylation is 1. The third-order valence-corrected chi connectivity index (χ3v) is 2.85. The first-order valence-corrected chi connectivity index (χ1v) is 6.19. The molecule has 96 valence electrons. The highest BCUT2D eigenvalue weighted by molar-refractivity contribution is 5.68. The summed E-state index contributed by atoms with van der Waals surface area (Å²) >= 11 is 0. The van der Waals surface area contributed by atoms with E-state index < -0.39 is 0 Å². The lowest BCUT2D eigenvalue weighted by Gasteiger charge is -2.14. The second kappa shape index (κ2) is 5.58. The summed E-state index contributed by atoms with van der Waals surface area (Å²) in [4.78, 5) is 4.43. The molecule has 0 radical (unpaired) electrons. The summed E-state index contributed by atoms with van der Waals surface area (Å²) in [5.41, 5.74) is 5.51. The molecule has 1 N–H and O–H groups in total. The van der Waals surface area contributed by atoms with Gasteiger partial charge < -0.3 is 10.2 Å². The van der Waals surface area contributed by atoms with Gasteiger partial charge in [-0.1, -0.05) is 19.1 Å². The molecule has 0 saturated carbocycles. The number of rotatable bonds is 5. The monoisotopic (exact) mass is 245 g/mol. The molecule has 0 fully saturated rings. The highest BCUT2D eigenvalue weighted by Gasteiger charge is 2.13. The molecule has 0 amide bonds. The van der Waals surface area contributed by atoms with Crippen molar-refractivity contribution in [3.63, 3.8) is 0 Å². The van der Waals surface area contributed by atoms with Gasteiger partial charge in [-0.2, -0.15) is 0 Å². The van der Waals surface area contributed by atoms with Gasteiger partial charge in [0.1, 0.15) is 5.75 Å². The van der Waals surface area contributed by atoms with Crippen molar-refractivity contribution >= 4 is 0 Å². The Labute approximate surface area is 108 Å². The second-order valence-electron chi connectivity index (χ2n) is 4.18. The number of hydrogen-bond acceptors (Lipinski definition) is 3. The van der Waals surface area contributed by atoms with Crippen LogP contribution in [0.3, 0.4) is 0 Å². The van der Waals surface area contributed by atoms with Gasteiger partial charge >= 0.3 is 0 Å². The second-order valence-corrected chi connectivity index (χ2v) is 4.18. The summed E-state index contributed by atoms with van der Waals surface area (Å²) in [7, 11) is 1.69. The van der Waals surface area contributed by atoms with Crippen molar-refractivity contribution in [3.05, 3.63) is 36.2 Å². The Hall–Kier alpha value is -1.97. The van der Waals surface area contributed by atoms with Crippen LogP contribution in [0.2, 0.25) is 0 Å². The van der Waals surface area contributed by atoms with Crippen LogP contribution in [-0.4, -0.2) is 23.3 Å². The number of ether oxygens (including phenoxy) is 1. The number of methoxy groups -OCH3 is 1. The first-order chi connectivity index (χ1) is 8.77. The van der Waals surface area contributed by atoms with E-state index in [1.54, 1.807) is 13.3 Å². The van der Waals surface area contributed by atoms with E-state index in [-0.39, 0.29) is 0 Å². The zero-order valence-corrected chi connectivity index (χ0v) is 11.1. The number of hydrogen-bond donors (Lipinski definition) is 1. The van der Waals surface area contributed by atoms with Crippen molar-refractivity contribution in [2.24, 2.45) is 0 Å². The summed E-state index contributed by atoms with van der Waals surface area (Å²) in [5, 5.41) is 0. The zero-order valence-electron chi connectivity index (χ0n) is 11.1. The van der Waals surface area contributed by atoms with Gasteiger partial charge in [0.25, 0.3) is 0 Å². The lowest BCUT2D eigenvalue weighted by molar-refractivity contribution is 0.415. The summed E-state index contributed by atoms with van der Waals surface area (Å²) in [6, 6.07) is 6.02. The van der Waals surface area contributed by atoms with E-state index in [1.807, 2.05) is 23.0 Å². The minimum Gasteiger partial charge on any atom is -0.496 e. The maximum Gasteiger partial charge on any atom is 0.162 e. The van der Waals surface area contributed by atoms with E-state index in [2.05, 4.69) is 30.3 Å². The molecule has 2 aromatic rings. The van der Waals surface area contributed by atoms with Crippen LogP contribution >= 0.6 is 0 Å². The molecule has 0 aliphatic rings. The Morgan fingerprint density at radius 2 is 2.22 bits per heavy atom. The van der Waals surface area contributed by atoms with Gasteiger partial charge in [-0.05, 0) is 25.0 Å². The number of imidazole rings is 1. The van der Waals surface area contributed by atoms with E-state index in [0.717, 1.165) is 35.7 Å². The molecule has 4 heteroatoms. The highest BCUT2D eigenvalue weighted by Crippen LogP contribution is 2.31. The number of benzene rings is 1. The Balaban J connectivity index is 2.45. The molecule has 1 heterocycles. The smallest absolute Gasteiger partial charge is 0.162 e. The lowest BCUT2D eigenvalue weighted by Crippen LogP contribution is -2.16. The van der Waals surface area contributed by atoms with Crippen LogP contribution < -0.4 is 10.2 Å². The summed E-state index contributed by atoms with van der Waals surface area (Å²) in [5.74, 6) is 1.74. The molecule has 2 rings (SSSR count). The summed E-state index contributed by atoms with van der Waals surface area (Å²) < 4.78 is 7.38. The van der Waals surface area contributed by atoms with Crippen molar-refractivity contribution in [2.45, 2.75) is 20.3 Å². The van der Waals surface area contributed by atoms with Gasteiger partial charge in [0, 0.05) is 18.9 Å². The van der Waals surface area contributed by atoms with Crippen LogP contribution in [-0.2, 0) is 0 Å². The first kappa shape index (κ1) is 12.5. The molecular weight excluding hydrogens is 226 g/mol. The average molecular weight is 245 g/mol. The van der Waals surface area contributed by atoms with Crippen LogP contribution in [0.1, 0.15) is 18.9 Å². The highest BCUT2D eigenvalue weighted by atomic mass is 16.5. The number of nitrogens with zero attached hydrogens (tertiary/aromatic N) is 2. The van der Waals surface area contributed by atoms with Gasteiger partial charge in [0.05, 0.1) is 12.7 Å². The topological polar surface area (TPSA) is 39.1 Å². The third kappa shape index (κ3) is 2.32. The van der Waals surface area contributed by atoms with Crippen molar-refractivity contribution in [2.75, 3.05) is 19.1 Å². The quantitative estimate of drug-likeness (QED) is 0.880. The van der Waals surface area contributed by atoms with Gasteiger partial charge in [0.15, 0.2) is 5.82 Å². The van der Waals surface area contributed by atoms with Crippen LogP contribution in [0.25, 0.3) is 11.4 Å². The molecule has 0 atom stereocenters. The van der Waals surface area contributed by atoms with Gasteiger partial charge in [-0.25, -0.2) is 9.66 Å². The molecule has 0 saturated heterocycles. The predicted octanol–water partition coefficient (Wildman–Crippen LogP) is 2.82. The molecule has 1 aromatic carbocycles. The summed E-state index contributed by atoms with van der Waals surface area (Å²) in [6.07, 6.45) is 4.79. The first-order valence-electron chi connectivity index (χ1n) is 6.19. The minimum absolute atomic E-state index is 0.848. The molecular formula is C14H19N3O. The van der Waals surface area contributed by atoms with Gasteiger partial charge in [-0.15, -0.1) is 0 Å².